The number of hydrogen-bond donors (Lipinski definition) is 0. The standard InChI is InChI=1S/C16H7ClF3N3OS/c17-10-4-1-8(2-5-10)13-22-23-14(24-13)9-3-6-11-12(7-9)25-15(21-11)16(18,19)20/h1-7H. The van der Waals surface area contributed by atoms with Crippen molar-refractivity contribution >= 4 is 33.2 Å². The normalized spacial score (nSPS) is 12.0. The van der Waals surface area contributed by atoms with Crippen molar-refractivity contribution in [3.05, 3.63) is 52.5 Å². The van der Waals surface area contributed by atoms with Crippen LogP contribution in [-0.4, -0.2) is 15.2 Å². The minimum absolute atomic E-state index is 0.216. The van der Waals surface area contributed by atoms with Crippen LogP contribution in [-0.2, 0) is 6.18 Å². The zero-order valence-corrected chi connectivity index (χ0v) is 13.8. The smallest absolute Gasteiger partial charge is 0.416 e. The largest absolute Gasteiger partial charge is 0.443 e. The van der Waals surface area contributed by atoms with Crippen molar-refractivity contribution in [2.75, 3.05) is 0 Å². The quantitative estimate of drug-likeness (QED) is 0.448. The fourth-order valence-electron chi connectivity index (χ4n) is 2.23. The summed E-state index contributed by atoms with van der Waals surface area (Å²) in [4.78, 5) is 3.59. The van der Waals surface area contributed by atoms with Gasteiger partial charge in [0.15, 0.2) is 5.01 Å². The summed E-state index contributed by atoms with van der Waals surface area (Å²) in [6.45, 7) is 0. The molecule has 25 heavy (non-hydrogen) atoms. The van der Waals surface area contributed by atoms with Crippen molar-refractivity contribution < 1.29 is 17.6 Å². The molecule has 0 amide bonds. The molecule has 4 nitrogen and oxygen atoms in total. The number of benzene rings is 2. The number of nitrogens with zero attached hydrogens (tertiary/aromatic N) is 3. The summed E-state index contributed by atoms with van der Waals surface area (Å²) < 4.78 is 44.3. The van der Waals surface area contributed by atoms with Crippen LogP contribution in [0.1, 0.15) is 5.01 Å². The van der Waals surface area contributed by atoms with Gasteiger partial charge in [-0.3, -0.25) is 0 Å². The fourth-order valence-corrected chi connectivity index (χ4v) is 3.23. The van der Waals surface area contributed by atoms with Crippen LogP contribution in [0.3, 0.4) is 0 Å². The van der Waals surface area contributed by atoms with Crippen LogP contribution < -0.4 is 0 Å². The van der Waals surface area contributed by atoms with E-state index in [9.17, 15) is 13.2 Å². The van der Waals surface area contributed by atoms with E-state index in [-0.39, 0.29) is 11.4 Å². The third kappa shape index (κ3) is 3.10. The number of rotatable bonds is 2. The summed E-state index contributed by atoms with van der Waals surface area (Å²) in [7, 11) is 0. The first-order chi connectivity index (χ1) is 11.9. The summed E-state index contributed by atoms with van der Waals surface area (Å²) in [6.07, 6.45) is -4.46. The Labute approximate surface area is 147 Å². The third-order valence-electron chi connectivity index (χ3n) is 3.39. The van der Waals surface area contributed by atoms with Crippen molar-refractivity contribution in [1.82, 2.24) is 15.2 Å². The van der Waals surface area contributed by atoms with E-state index in [0.29, 0.717) is 38.1 Å². The lowest BCUT2D eigenvalue weighted by Crippen LogP contribution is -2.03. The zero-order valence-electron chi connectivity index (χ0n) is 12.2. The Bertz CT molecular complexity index is 1060. The van der Waals surface area contributed by atoms with E-state index < -0.39 is 11.2 Å². The summed E-state index contributed by atoms with van der Waals surface area (Å²) in [5, 5.41) is 7.63. The van der Waals surface area contributed by atoms with E-state index in [1.165, 1.54) is 6.07 Å². The maximum Gasteiger partial charge on any atom is 0.443 e. The number of halogens is 4. The minimum Gasteiger partial charge on any atom is -0.416 e. The highest BCUT2D eigenvalue weighted by atomic mass is 35.5. The van der Waals surface area contributed by atoms with E-state index in [1.807, 2.05) is 0 Å². The summed E-state index contributed by atoms with van der Waals surface area (Å²) in [5.41, 5.74) is 1.50. The zero-order chi connectivity index (χ0) is 17.6. The lowest BCUT2D eigenvalue weighted by molar-refractivity contribution is -0.137. The fraction of sp³-hybridized carbons (Fsp3) is 0.0625. The third-order valence-corrected chi connectivity index (χ3v) is 4.71. The second kappa shape index (κ2) is 5.82. The van der Waals surface area contributed by atoms with Crippen LogP contribution in [0.2, 0.25) is 5.02 Å². The van der Waals surface area contributed by atoms with Crippen LogP contribution in [0.15, 0.2) is 46.9 Å². The van der Waals surface area contributed by atoms with Crippen molar-refractivity contribution in [3.8, 4) is 22.9 Å². The number of hydrogen-bond acceptors (Lipinski definition) is 5. The Morgan fingerprint density at radius 3 is 2.24 bits per heavy atom. The molecule has 0 radical (unpaired) electrons. The highest BCUT2D eigenvalue weighted by Crippen LogP contribution is 2.37. The molecule has 2 aromatic heterocycles. The van der Waals surface area contributed by atoms with Gasteiger partial charge in [0, 0.05) is 16.1 Å². The van der Waals surface area contributed by atoms with Gasteiger partial charge >= 0.3 is 6.18 Å². The van der Waals surface area contributed by atoms with Crippen LogP contribution in [0.5, 0.6) is 0 Å². The molecule has 2 aromatic carbocycles. The summed E-state index contributed by atoms with van der Waals surface area (Å²) in [6, 6.07) is 11.5. The van der Waals surface area contributed by atoms with Crippen molar-refractivity contribution in [2.24, 2.45) is 0 Å². The van der Waals surface area contributed by atoms with Crippen LogP contribution in [0, 0.1) is 0 Å². The van der Waals surface area contributed by atoms with Gasteiger partial charge in [-0.15, -0.1) is 21.5 Å². The number of fused-ring (bicyclic) bond motifs is 1. The molecule has 2 heterocycles. The first-order valence-corrected chi connectivity index (χ1v) is 8.17. The summed E-state index contributed by atoms with van der Waals surface area (Å²) >= 11 is 6.42. The van der Waals surface area contributed by atoms with Crippen molar-refractivity contribution in [3.63, 3.8) is 0 Å². The van der Waals surface area contributed by atoms with Gasteiger partial charge in [0.1, 0.15) is 0 Å². The average Bonchev–Trinajstić information content (AvgIpc) is 3.21. The van der Waals surface area contributed by atoms with E-state index in [0.717, 1.165) is 0 Å². The molecular weight excluding hydrogens is 375 g/mol. The molecule has 4 aromatic rings. The van der Waals surface area contributed by atoms with Gasteiger partial charge in [-0.05, 0) is 42.5 Å². The van der Waals surface area contributed by atoms with Crippen LogP contribution >= 0.6 is 22.9 Å². The molecule has 0 atom stereocenters. The van der Waals surface area contributed by atoms with Gasteiger partial charge in [0.05, 0.1) is 10.2 Å². The SMILES string of the molecule is FC(F)(F)c1nc2ccc(-c3nnc(-c4ccc(Cl)cc4)o3)cc2s1. The molecule has 0 bridgehead atoms. The second-order valence-electron chi connectivity index (χ2n) is 5.12. The second-order valence-corrected chi connectivity index (χ2v) is 6.59. The molecule has 0 unspecified atom stereocenters. The number of thiazole rings is 1. The molecule has 4 rings (SSSR count). The molecule has 0 aliphatic heterocycles. The van der Waals surface area contributed by atoms with Gasteiger partial charge in [0.25, 0.3) is 0 Å². The van der Waals surface area contributed by atoms with Crippen LogP contribution in [0.4, 0.5) is 13.2 Å². The molecule has 9 heteroatoms. The molecule has 126 valence electrons. The molecule has 0 saturated carbocycles. The first-order valence-electron chi connectivity index (χ1n) is 6.98. The summed E-state index contributed by atoms with van der Waals surface area (Å²) in [5.74, 6) is 0.515. The van der Waals surface area contributed by atoms with E-state index in [2.05, 4.69) is 15.2 Å². The van der Waals surface area contributed by atoms with Crippen molar-refractivity contribution in [1.29, 1.82) is 0 Å². The molecule has 0 aliphatic rings. The molecule has 0 aliphatic carbocycles. The topological polar surface area (TPSA) is 51.8 Å². The Kier molecular flexibility index (Phi) is 3.73. The van der Waals surface area contributed by atoms with E-state index in [1.54, 1.807) is 36.4 Å². The number of alkyl halides is 3. The van der Waals surface area contributed by atoms with Crippen LogP contribution in [0.25, 0.3) is 33.1 Å². The predicted octanol–water partition coefficient (Wildman–Crippen LogP) is 5.69. The maximum absolute atomic E-state index is 12.8. The van der Waals surface area contributed by atoms with E-state index in [4.69, 9.17) is 16.0 Å². The first kappa shape index (κ1) is 16.0. The van der Waals surface area contributed by atoms with Gasteiger partial charge in [0.2, 0.25) is 11.8 Å². The van der Waals surface area contributed by atoms with Gasteiger partial charge < -0.3 is 4.42 Å². The highest BCUT2D eigenvalue weighted by molar-refractivity contribution is 7.18. The molecule has 0 spiro atoms. The molecule has 0 fully saturated rings. The maximum atomic E-state index is 12.8. The Morgan fingerprint density at radius 2 is 1.56 bits per heavy atom. The minimum atomic E-state index is -4.46. The van der Waals surface area contributed by atoms with Gasteiger partial charge in [-0.1, -0.05) is 11.6 Å². The lowest BCUT2D eigenvalue weighted by atomic mass is 10.2. The number of aromatic nitrogens is 3. The van der Waals surface area contributed by atoms with Crippen molar-refractivity contribution in [2.45, 2.75) is 6.18 Å². The van der Waals surface area contributed by atoms with Gasteiger partial charge in [-0.2, -0.15) is 13.2 Å². The average molecular weight is 382 g/mol. The molecule has 0 N–H and O–H groups in total. The Balaban J connectivity index is 1.71. The predicted molar refractivity (Wildman–Crippen MR) is 88.4 cm³/mol. The molecule has 0 saturated heterocycles. The van der Waals surface area contributed by atoms with E-state index >= 15 is 0 Å². The van der Waals surface area contributed by atoms with Gasteiger partial charge in [-0.25, -0.2) is 4.98 Å². The Morgan fingerprint density at radius 1 is 0.920 bits per heavy atom. The highest BCUT2D eigenvalue weighted by Gasteiger charge is 2.34. The monoisotopic (exact) mass is 381 g/mol. The Hall–Kier alpha value is -2.45. The lowest BCUT2D eigenvalue weighted by Gasteiger charge is -1.98. The molecular formula is C16H7ClF3N3OS.